The summed E-state index contributed by atoms with van der Waals surface area (Å²) in [5.74, 6) is 0.227. The molecule has 27 heavy (non-hydrogen) atoms. The fraction of sp³-hybridized carbons (Fsp3) is 0.600. The van der Waals surface area contributed by atoms with Crippen LogP contribution in [0.4, 0.5) is 0 Å². The summed E-state index contributed by atoms with van der Waals surface area (Å²) in [4.78, 5) is 28.9. The lowest BCUT2D eigenvalue weighted by Gasteiger charge is -2.33. The van der Waals surface area contributed by atoms with Crippen molar-refractivity contribution in [3.05, 3.63) is 23.3 Å². The van der Waals surface area contributed by atoms with Gasteiger partial charge in [0.1, 0.15) is 0 Å². The lowest BCUT2D eigenvalue weighted by molar-refractivity contribution is -0.142. The van der Waals surface area contributed by atoms with Gasteiger partial charge in [-0.05, 0) is 31.5 Å². The minimum Gasteiger partial charge on any atom is -0.490 e. The fourth-order valence-electron chi connectivity index (χ4n) is 2.96. The van der Waals surface area contributed by atoms with Crippen LogP contribution in [0.5, 0.6) is 11.5 Å². The van der Waals surface area contributed by atoms with Gasteiger partial charge in [0.15, 0.2) is 18.1 Å². The second-order valence-corrected chi connectivity index (χ2v) is 6.59. The standard InChI is InChI=1S/C20H30N2O5/c1-5-13-26-16-8-7-15(6-2)18(19(16)27-14-17(23)25-4)20(24)22-11-9-21(3)10-12-22/h7-8H,5-6,9-14H2,1-4H3. The van der Waals surface area contributed by atoms with Gasteiger partial charge in [0.05, 0.1) is 19.3 Å². The van der Waals surface area contributed by atoms with E-state index in [4.69, 9.17) is 9.47 Å². The van der Waals surface area contributed by atoms with Gasteiger partial charge in [-0.15, -0.1) is 0 Å². The van der Waals surface area contributed by atoms with Crippen LogP contribution >= 0.6 is 0 Å². The predicted molar refractivity (Wildman–Crippen MR) is 103 cm³/mol. The number of rotatable bonds is 8. The van der Waals surface area contributed by atoms with Crippen molar-refractivity contribution in [1.82, 2.24) is 9.80 Å². The van der Waals surface area contributed by atoms with Gasteiger partial charge >= 0.3 is 5.97 Å². The monoisotopic (exact) mass is 378 g/mol. The maximum atomic E-state index is 13.3. The first kappa shape index (κ1) is 21.0. The molecule has 0 unspecified atom stereocenters. The number of amides is 1. The van der Waals surface area contributed by atoms with Gasteiger partial charge in [0, 0.05) is 26.2 Å². The Bertz CT molecular complexity index is 654. The lowest BCUT2D eigenvalue weighted by atomic mass is 10.0. The molecule has 1 fully saturated rings. The van der Waals surface area contributed by atoms with Crippen LogP contribution in [-0.2, 0) is 16.0 Å². The number of esters is 1. The van der Waals surface area contributed by atoms with Crippen LogP contribution in [0.1, 0.15) is 36.2 Å². The zero-order valence-corrected chi connectivity index (χ0v) is 16.7. The van der Waals surface area contributed by atoms with E-state index >= 15 is 0 Å². The molecule has 0 aliphatic carbocycles. The van der Waals surface area contributed by atoms with E-state index in [0.717, 1.165) is 25.1 Å². The molecule has 1 saturated heterocycles. The number of hydrogen-bond donors (Lipinski definition) is 0. The van der Waals surface area contributed by atoms with E-state index in [1.807, 2.05) is 37.9 Å². The number of carbonyl (C=O) groups excluding carboxylic acids is 2. The molecule has 0 spiro atoms. The molecule has 7 heteroatoms. The minimum atomic E-state index is -0.503. The average molecular weight is 378 g/mol. The summed E-state index contributed by atoms with van der Waals surface area (Å²) in [7, 11) is 3.35. The van der Waals surface area contributed by atoms with Gasteiger partial charge in [-0.25, -0.2) is 4.79 Å². The zero-order chi connectivity index (χ0) is 19.8. The second kappa shape index (κ2) is 10.2. The summed E-state index contributed by atoms with van der Waals surface area (Å²) in [5, 5.41) is 0. The van der Waals surface area contributed by atoms with Crippen LogP contribution in [0.2, 0.25) is 0 Å². The molecule has 0 aromatic heterocycles. The Morgan fingerprint density at radius 3 is 2.37 bits per heavy atom. The summed E-state index contributed by atoms with van der Waals surface area (Å²) in [6.45, 7) is 7.22. The summed E-state index contributed by atoms with van der Waals surface area (Å²) >= 11 is 0. The van der Waals surface area contributed by atoms with E-state index < -0.39 is 5.97 Å². The van der Waals surface area contributed by atoms with Crippen molar-refractivity contribution in [3.8, 4) is 11.5 Å². The third-order valence-corrected chi connectivity index (χ3v) is 4.62. The molecule has 150 valence electrons. The van der Waals surface area contributed by atoms with Crippen LogP contribution in [0.15, 0.2) is 12.1 Å². The molecule has 0 bridgehead atoms. The zero-order valence-electron chi connectivity index (χ0n) is 16.7. The van der Waals surface area contributed by atoms with Crippen molar-refractivity contribution < 1.29 is 23.8 Å². The summed E-state index contributed by atoms with van der Waals surface area (Å²) in [5.41, 5.74) is 1.36. The first-order chi connectivity index (χ1) is 13.0. The van der Waals surface area contributed by atoms with Gasteiger partial charge < -0.3 is 24.0 Å². The van der Waals surface area contributed by atoms with Crippen LogP contribution in [0.25, 0.3) is 0 Å². The number of benzene rings is 1. The highest BCUT2D eigenvalue weighted by Crippen LogP contribution is 2.35. The van der Waals surface area contributed by atoms with Crippen molar-refractivity contribution in [2.75, 3.05) is 53.6 Å². The normalized spacial score (nSPS) is 14.7. The number of methoxy groups -OCH3 is 1. The molecule has 1 amide bonds. The summed E-state index contributed by atoms with van der Waals surface area (Å²) < 4.78 is 16.2. The second-order valence-electron chi connectivity index (χ2n) is 6.59. The van der Waals surface area contributed by atoms with Crippen LogP contribution in [0, 0.1) is 0 Å². The number of likely N-dealkylation sites (N-methyl/N-ethyl adjacent to an activating group) is 1. The molecule has 0 N–H and O–H groups in total. The Balaban J connectivity index is 2.40. The van der Waals surface area contributed by atoms with Gasteiger partial charge in [-0.1, -0.05) is 19.9 Å². The molecular formula is C20H30N2O5. The van der Waals surface area contributed by atoms with E-state index in [-0.39, 0.29) is 12.5 Å². The summed E-state index contributed by atoms with van der Waals surface area (Å²) in [6, 6.07) is 3.71. The van der Waals surface area contributed by atoms with Gasteiger partial charge in [0.25, 0.3) is 5.91 Å². The van der Waals surface area contributed by atoms with E-state index in [0.29, 0.717) is 43.2 Å². The molecule has 1 aliphatic heterocycles. The highest BCUT2D eigenvalue weighted by Gasteiger charge is 2.28. The fourth-order valence-corrected chi connectivity index (χ4v) is 2.96. The SMILES string of the molecule is CCCOc1ccc(CC)c(C(=O)N2CCN(C)CC2)c1OCC(=O)OC. The average Bonchev–Trinajstić information content (AvgIpc) is 2.70. The predicted octanol–water partition coefficient (Wildman–Crippen LogP) is 1.98. The maximum absolute atomic E-state index is 13.3. The molecule has 2 rings (SSSR count). The third-order valence-electron chi connectivity index (χ3n) is 4.62. The largest absolute Gasteiger partial charge is 0.490 e. The molecule has 0 radical (unpaired) electrons. The molecule has 1 heterocycles. The third kappa shape index (κ3) is 5.35. The Kier molecular flexibility index (Phi) is 7.91. The van der Waals surface area contributed by atoms with Crippen molar-refractivity contribution in [2.45, 2.75) is 26.7 Å². The Labute approximate surface area is 161 Å². The summed E-state index contributed by atoms with van der Waals surface area (Å²) in [6.07, 6.45) is 1.51. The molecular weight excluding hydrogens is 348 g/mol. The molecule has 0 saturated carbocycles. The topological polar surface area (TPSA) is 68.3 Å². The Morgan fingerprint density at radius 1 is 1.07 bits per heavy atom. The highest BCUT2D eigenvalue weighted by molar-refractivity contribution is 5.99. The van der Waals surface area contributed by atoms with Crippen molar-refractivity contribution >= 4 is 11.9 Å². The van der Waals surface area contributed by atoms with Gasteiger partial charge in [-0.3, -0.25) is 4.79 Å². The van der Waals surface area contributed by atoms with Crippen molar-refractivity contribution in [2.24, 2.45) is 0 Å². The number of nitrogens with zero attached hydrogens (tertiary/aromatic N) is 2. The van der Waals surface area contributed by atoms with Gasteiger partial charge in [0.2, 0.25) is 0 Å². The Morgan fingerprint density at radius 2 is 1.78 bits per heavy atom. The number of carbonyl (C=O) groups is 2. The highest BCUT2D eigenvalue weighted by atomic mass is 16.6. The van der Waals surface area contributed by atoms with Crippen LogP contribution in [0.3, 0.4) is 0 Å². The van der Waals surface area contributed by atoms with E-state index in [1.54, 1.807) is 0 Å². The number of ether oxygens (including phenoxy) is 3. The van der Waals surface area contributed by atoms with Crippen LogP contribution < -0.4 is 9.47 Å². The lowest BCUT2D eigenvalue weighted by Crippen LogP contribution is -2.47. The molecule has 1 aromatic carbocycles. The van der Waals surface area contributed by atoms with Gasteiger partial charge in [-0.2, -0.15) is 0 Å². The first-order valence-corrected chi connectivity index (χ1v) is 9.47. The Hall–Kier alpha value is -2.28. The maximum Gasteiger partial charge on any atom is 0.343 e. The number of aryl methyl sites for hydroxylation is 1. The molecule has 1 aromatic rings. The molecule has 1 aliphatic rings. The minimum absolute atomic E-state index is 0.0817. The van der Waals surface area contributed by atoms with Crippen molar-refractivity contribution in [1.29, 1.82) is 0 Å². The quantitative estimate of drug-likeness (QED) is 0.645. The van der Waals surface area contributed by atoms with E-state index in [9.17, 15) is 9.59 Å². The molecule has 7 nitrogen and oxygen atoms in total. The van der Waals surface area contributed by atoms with E-state index in [1.165, 1.54) is 7.11 Å². The van der Waals surface area contributed by atoms with E-state index in [2.05, 4.69) is 9.64 Å². The first-order valence-electron chi connectivity index (χ1n) is 9.47. The van der Waals surface area contributed by atoms with Crippen LogP contribution in [-0.4, -0.2) is 75.2 Å². The molecule has 0 atom stereocenters. The van der Waals surface area contributed by atoms with Crippen molar-refractivity contribution in [3.63, 3.8) is 0 Å². The number of piperazine rings is 1. The smallest absolute Gasteiger partial charge is 0.343 e. The number of hydrogen-bond acceptors (Lipinski definition) is 6.